The van der Waals surface area contributed by atoms with Crippen molar-refractivity contribution in [3.63, 3.8) is 0 Å². The van der Waals surface area contributed by atoms with Crippen LogP contribution >= 0.6 is 24.0 Å². The van der Waals surface area contributed by atoms with Crippen molar-refractivity contribution in [3.8, 4) is 0 Å². The SMILES string of the molecule is CN=C(NCCc1cc(F)ccc1F)NCCS(=O)(=O)NCC1CCC1.I. The normalized spacial score (nSPS) is 15.0. The Kier molecular flexibility index (Phi) is 10.5. The Balaban J connectivity index is 0.00000364. The number of nitrogens with one attached hydrogen (secondary N) is 3. The van der Waals surface area contributed by atoms with Gasteiger partial charge in [0.25, 0.3) is 0 Å². The predicted molar refractivity (Wildman–Crippen MR) is 114 cm³/mol. The quantitative estimate of drug-likeness (QED) is 0.267. The van der Waals surface area contributed by atoms with Crippen molar-refractivity contribution in [2.24, 2.45) is 10.9 Å². The molecule has 0 radical (unpaired) electrons. The fourth-order valence-corrected chi connectivity index (χ4v) is 3.59. The van der Waals surface area contributed by atoms with Crippen LogP contribution in [-0.4, -0.2) is 46.8 Å². The van der Waals surface area contributed by atoms with Crippen molar-refractivity contribution in [1.82, 2.24) is 15.4 Å². The Morgan fingerprint density at radius 1 is 1.22 bits per heavy atom. The van der Waals surface area contributed by atoms with E-state index in [9.17, 15) is 17.2 Å². The lowest BCUT2D eigenvalue weighted by Gasteiger charge is -2.25. The molecule has 0 saturated heterocycles. The van der Waals surface area contributed by atoms with E-state index >= 15 is 0 Å². The van der Waals surface area contributed by atoms with Gasteiger partial charge in [0.05, 0.1) is 5.75 Å². The molecule has 0 bridgehead atoms. The van der Waals surface area contributed by atoms with Gasteiger partial charge >= 0.3 is 0 Å². The van der Waals surface area contributed by atoms with Crippen LogP contribution in [-0.2, 0) is 16.4 Å². The van der Waals surface area contributed by atoms with E-state index in [1.165, 1.54) is 6.42 Å². The minimum absolute atomic E-state index is 0. The zero-order valence-electron chi connectivity index (χ0n) is 15.3. The molecule has 0 aromatic heterocycles. The number of guanidine groups is 1. The average molecular weight is 516 g/mol. The van der Waals surface area contributed by atoms with Gasteiger partial charge < -0.3 is 10.6 Å². The highest BCUT2D eigenvalue weighted by Gasteiger charge is 2.20. The van der Waals surface area contributed by atoms with Crippen LogP contribution in [0.15, 0.2) is 23.2 Å². The smallest absolute Gasteiger partial charge is 0.213 e. The summed E-state index contributed by atoms with van der Waals surface area (Å²) in [5.74, 6) is -0.117. The Bertz CT molecular complexity index is 728. The van der Waals surface area contributed by atoms with Crippen molar-refractivity contribution in [2.75, 3.05) is 32.4 Å². The van der Waals surface area contributed by atoms with Gasteiger partial charge in [-0.3, -0.25) is 4.99 Å². The zero-order valence-corrected chi connectivity index (χ0v) is 18.4. The number of hydrogen-bond acceptors (Lipinski definition) is 3. The van der Waals surface area contributed by atoms with Crippen LogP contribution in [0.4, 0.5) is 8.78 Å². The highest BCUT2D eigenvalue weighted by atomic mass is 127. The molecule has 0 amide bonds. The van der Waals surface area contributed by atoms with Gasteiger partial charge in [-0.2, -0.15) is 0 Å². The topological polar surface area (TPSA) is 82.6 Å². The second-order valence-electron chi connectivity index (χ2n) is 6.38. The average Bonchev–Trinajstić information content (AvgIpc) is 2.54. The molecule has 27 heavy (non-hydrogen) atoms. The number of halogens is 3. The summed E-state index contributed by atoms with van der Waals surface area (Å²) >= 11 is 0. The first-order valence-electron chi connectivity index (χ1n) is 8.75. The summed E-state index contributed by atoms with van der Waals surface area (Å²) < 4.78 is 53.2. The standard InChI is InChI=1S/C17H26F2N4O2S.HI/c1-20-17(21-8-7-14-11-15(18)5-6-16(14)19)22-9-10-26(24,25)23-12-13-3-2-4-13;/h5-6,11,13,23H,2-4,7-10,12H2,1H3,(H2,20,21,22);1H. The molecule has 154 valence electrons. The zero-order chi connectivity index (χ0) is 19.0. The first kappa shape index (κ1) is 24.0. The van der Waals surface area contributed by atoms with Gasteiger partial charge in [-0.15, -0.1) is 24.0 Å². The molecule has 3 N–H and O–H groups in total. The molecule has 1 saturated carbocycles. The van der Waals surface area contributed by atoms with Crippen molar-refractivity contribution in [3.05, 3.63) is 35.4 Å². The van der Waals surface area contributed by atoms with Crippen LogP contribution in [0.2, 0.25) is 0 Å². The van der Waals surface area contributed by atoms with E-state index in [0.717, 1.165) is 31.0 Å². The van der Waals surface area contributed by atoms with Gasteiger partial charge in [0.15, 0.2) is 5.96 Å². The lowest BCUT2D eigenvalue weighted by Crippen LogP contribution is -2.42. The number of hydrogen-bond donors (Lipinski definition) is 3. The third kappa shape index (κ3) is 8.69. The minimum atomic E-state index is -3.32. The third-order valence-electron chi connectivity index (χ3n) is 4.40. The molecule has 0 unspecified atom stereocenters. The molecule has 1 aliphatic rings. The molecule has 6 nitrogen and oxygen atoms in total. The molecule has 0 spiro atoms. The summed E-state index contributed by atoms with van der Waals surface area (Å²) in [4.78, 5) is 3.99. The summed E-state index contributed by atoms with van der Waals surface area (Å²) in [6.45, 7) is 1.05. The highest BCUT2D eigenvalue weighted by molar-refractivity contribution is 14.0. The molecular formula is C17H27F2IN4O2S. The molecule has 2 rings (SSSR count). The monoisotopic (exact) mass is 516 g/mol. The fourth-order valence-electron chi connectivity index (χ4n) is 2.59. The number of benzene rings is 1. The first-order chi connectivity index (χ1) is 12.4. The molecule has 1 fully saturated rings. The lowest BCUT2D eigenvalue weighted by molar-refractivity contribution is 0.316. The van der Waals surface area contributed by atoms with Crippen molar-refractivity contribution >= 4 is 40.0 Å². The maximum atomic E-state index is 13.6. The molecule has 1 aromatic carbocycles. The van der Waals surface area contributed by atoms with Crippen molar-refractivity contribution in [1.29, 1.82) is 0 Å². The minimum Gasteiger partial charge on any atom is -0.356 e. The van der Waals surface area contributed by atoms with Crippen LogP contribution in [0.25, 0.3) is 0 Å². The summed E-state index contributed by atoms with van der Waals surface area (Å²) in [5.41, 5.74) is 0.274. The third-order valence-corrected chi connectivity index (χ3v) is 5.75. The Labute approximate surface area is 176 Å². The van der Waals surface area contributed by atoms with Crippen molar-refractivity contribution < 1.29 is 17.2 Å². The van der Waals surface area contributed by atoms with Crippen LogP contribution in [0.3, 0.4) is 0 Å². The van der Waals surface area contributed by atoms with Gasteiger partial charge in [0.1, 0.15) is 11.6 Å². The van der Waals surface area contributed by atoms with E-state index in [1.54, 1.807) is 7.05 Å². The van der Waals surface area contributed by atoms with E-state index < -0.39 is 21.7 Å². The molecule has 0 aliphatic heterocycles. The summed E-state index contributed by atoms with van der Waals surface area (Å²) in [5, 5.41) is 5.86. The van der Waals surface area contributed by atoms with E-state index in [2.05, 4.69) is 20.3 Å². The highest BCUT2D eigenvalue weighted by Crippen LogP contribution is 2.25. The van der Waals surface area contributed by atoms with Crippen LogP contribution in [0, 0.1) is 17.6 Å². The van der Waals surface area contributed by atoms with Crippen molar-refractivity contribution in [2.45, 2.75) is 25.7 Å². The van der Waals surface area contributed by atoms with Crippen LogP contribution in [0.1, 0.15) is 24.8 Å². The van der Waals surface area contributed by atoms with Gasteiger partial charge in [-0.1, -0.05) is 6.42 Å². The molecular weight excluding hydrogens is 489 g/mol. The van der Waals surface area contributed by atoms with Crippen LogP contribution < -0.4 is 15.4 Å². The summed E-state index contributed by atoms with van der Waals surface area (Å²) in [6, 6.07) is 3.33. The molecule has 1 aliphatic carbocycles. The van der Waals surface area contributed by atoms with E-state index in [-0.39, 0.29) is 48.3 Å². The van der Waals surface area contributed by atoms with E-state index in [4.69, 9.17) is 0 Å². The summed E-state index contributed by atoms with van der Waals surface area (Å²) in [7, 11) is -1.76. The van der Waals surface area contributed by atoms with Gasteiger partial charge in [-0.05, 0) is 48.9 Å². The van der Waals surface area contributed by atoms with Gasteiger partial charge in [-0.25, -0.2) is 21.9 Å². The van der Waals surface area contributed by atoms with Gasteiger partial charge in [0.2, 0.25) is 10.0 Å². The maximum Gasteiger partial charge on any atom is 0.213 e. The van der Waals surface area contributed by atoms with E-state index in [1.807, 2.05) is 0 Å². The Hall–Kier alpha value is -1.01. The maximum absolute atomic E-state index is 13.6. The Morgan fingerprint density at radius 3 is 2.56 bits per heavy atom. The largest absolute Gasteiger partial charge is 0.356 e. The lowest BCUT2D eigenvalue weighted by atomic mass is 9.86. The number of rotatable bonds is 9. The molecule has 10 heteroatoms. The predicted octanol–water partition coefficient (Wildman–Crippen LogP) is 2.01. The number of nitrogens with zero attached hydrogens (tertiary/aromatic N) is 1. The molecule has 1 aromatic rings. The first-order valence-corrected chi connectivity index (χ1v) is 10.4. The fraction of sp³-hybridized carbons (Fsp3) is 0.588. The van der Waals surface area contributed by atoms with E-state index in [0.29, 0.717) is 25.0 Å². The second kappa shape index (κ2) is 11.7. The van der Waals surface area contributed by atoms with Gasteiger partial charge in [0, 0.05) is 26.7 Å². The number of sulfonamides is 1. The Morgan fingerprint density at radius 2 is 1.93 bits per heavy atom. The molecule has 0 atom stereocenters. The van der Waals surface area contributed by atoms with Crippen LogP contribution in [0.5, 0.6) is 0 Å². The molecule has 0 heterocycles. The summed E-state index contributed by atoms with van der Waals surface area (Å²) in [6.07, 6.45) is 3.63. The second-order valence-corrected chi connectivity index (χ2v) is 8.30. The number of aliphatic imine (C=N–C) groups is 1.